The lowest BCUT2D eigenvalue weighted by Crippen LogP contribution is -2.70. The molecule has 262 valence electrons. The van der Waals surface area contributed by atoms with Crippen LogP contribution in [0.5, 0.6) is 0 Å². The molecule has 4 saturated heterocycles. The number of esters is 1. The molecule has 5 aliphatic rings. The number of ether oxygens (including phenoxy) is 3. The molecule has 1 spiro atoms. The van der Waals surface area contributed by atoms with Crippen molar-refractivity contribution >= 4 is 34.4 Å². The third-order valence-corrected chi connectivity index (χ3v) is 10.7. The Morgan fingerprint density at radius 2 is 1.75 bits per heavy atom. The zero-order chi connectivity index (χ0) is 34.2. The first-order chi connectivity index (χ1) is 23.0. The van der Waals surface area contributed by atoms with Crippen molar-refractivity contribution < 1.29 is 42.8 Å². The summed E-state index contributed by atoms with van der Waals surface area (Å²) >= 11 is 0. The Bertz CT molecular complexity index is 1590. The topological polar surface area (TPSA) is 155 Å². The smallest absolute Gasteiger partial charge is 0.349 e. The molecule has 1 aromatic carbocycles. The van der Waals surface area contributed by atoms with E-state index in [0.717, 1.165) is 38.0 Å². The molecule has 0 radical (unpaired) electrons. The SMILES string of the molecule is CCN(CC)c1ccc2cc(C(=O)NCCNC(=O)CCC(=O)O[C@@H]3O[C@@H]4OC5(C)CCC6[C@H](C)CC[C@@H]([C@H]3C)C64OO5)c(=O)oc2c1. The van der Waals surface area contributed by atoms with Crippen molar-refractivity contribution in [2.75, 3.05) is 31.1 Å². The molecule has 7 rings (SSSR count). The van der Waals surface area contributed by atoms with E-state index in [-0.39, 0.29) is 55.2 Å². The lowest BCUT2D eigenvalue weighted by Gasteiger charge is -2.59. The molecule has 13 heteroatoms. The molecule has 2 amide bonds. The highest BCUT2D eigenvalue weighted by Gasteiger charge is 2.69. The summed E-state index contributed by atoms with van der Waals surface area (Å²) in [6, 6.07) is 7.03. The zero-order valence-electron chi connectivity index (χ0n) is 28.4. The average Bonchev–Trinajstić information content (AvgIpc) is 3.30. The van der Waals surface area contributed by atoms with Gasteiger partial charge < -0.3 is 34.2 Å². The standard InChI is InChI=1S/C35H47N3O10/c1-6-38(7-2)23-10-9-22-18-24(31(42)43-27(22)19-23)30(41)37-17-16-36-28(39)12-13-29(40)44-32-21(4)26-11-8-20(3)25-14-15-34(5)46-33(45-32)35(25,26)48-47-34/h9-10,18-21,25-26,32-33H,6-8,11-17H2,1-5H3,(H,36,39)(H,37,41)/t20-,21-,25?,26+,32-,33-,34?,35?/m1/s1. The molecular weight excluding hydrogens is 622 g/mol. The largest absolute Gasteiger partial charge is 0.435 e. The highest BCUT2D eigenvalue weighted by Crippen LogP contribution is 2.60. The highest BCUT2D eigenvalue weighted by molar-refractivity contribution is 5.97. The van der Waals surface area contributed by atoms with Gasteiger partial charge in [0.25, 0.3) is 5.91 Å². The maximum atomic E-state index is 12.8. The number of carbonyl (C=O) groups excluding carboxylic acids is 3. The molecular formula is C35H47N3O10. The number of nitrogens with one attached hydrogen (secondary N) is 2. The number of hydrogen-bond acceptors (Lipinski definition) is 11. The molecule has 1 aliphatic carbocycles. The molecule has 2 N–H and O–H groups in total. The second-order valence-corrected chi connectivity index (χ2v) is 13.7. The Balaban J connectivity index is 0.960. The Kier molecular flexibility index (Phi) is 9.85. The van der Waals surface area contributed by atoms with E-state index in [9.17, 15) is 19.2 Å². The summed E-state index contributed by atoms with van der Waals surface area (Å²) < 4.78 is 23.8. The normalized spacial score (nSPS) is 32.2. The minimum atomic E-state index is -0.929. The first kappa shape index (κ1) is 34.3. The fourth-order valence-corrected chi connectivity index (χ4v) is 8.02. The van der Waals surface area contributed by atoms with Gasteiger partial charge in [0.05, 0.1) is 6.42 Å². The summed E-state index contributed by atoms with van der Waals surface area (Å²) in [4.78, 5) is 64.7. The summed E-state index contributed by atoms with van der Waals surface area (Å²) in [6.45, 7) is 12.0. The summed E-state index contributed by atoms with van der Waals surface area (Å²) in [5.74, 6) is -1.99. The maximum Gasteiger partial charge on any atom is 0.349 e. The van der Waals surface area contributed by atoms with E-state index in [1.165, 1.54) is 6.07 Å². The minimum absolute atomic E-state index is 0.0165. The lowest BCUT2D eigenvalue weighted by atomic mass is 9.58. The quantitative estimate of drug-likeness (QED) is 0.154. The van der Waals surface area contributed by atoms with Crippen molar-refractivity contribution in [3.05, 3.63) is 40.2 Å². The molecule has 2 aromatic rings. The highest BCUT2D eigenvalue weighted by atomic mass is 17.3. The number of fused-ring (bicyclic) bond motifs is 3. The van der Waals surface area contributed by atoms with E-state index >= 15 is 0 Å². The van der Waals surface area contributed by atoms with Crippen molar-refractivity contribution in [1.82, 2.24) is 10.6 Å². The van der Waals surface area contributed by atoms with E-state index in [1.54, 1.807) is 6.07 Å². The van der Waals surface area contributed by atoms with Gasteiger partial charge in [0, 0.05) is 68.0 Å². The number of rotatable bonds is 11. The summed E-state index contributed by atoms with van der Waals surface area (Å²) in [7, 11) is 0. The molecule has 5 fully saturated rings. The van der Waals surface area contributed by atoms with Gasteiger partial charge in [-0.3, -0.25) is 14.4 Å². The second-order valence-electron chi connectivity index (χ2n) is 13.7. The maximum absolute atomic E-state index is 12.8. The van der Waals surface area contributed by atoms with Crippen molar-refractivity contribution in [3.63, 3.8) is 0 Å². The van der Waals surface area contributed by atoms with E-state index in [0.29, 0.717) is 23.3 Å². The van der Waals surface area contributed by atoms with E-state index in [1.807, 2.05) is 39.8 Å². The first-order valence-electron chi connectivity index (χ1n) is 17.2. The van der Waals surface area contributed by atoms with Gasteiger partial charge in [-0.05, 0) is 70.1 Å². The van der Waals surface area contributed by atoms with E-state index < -0.39 is 41.5 Å². The van der Waals surface area contributed by atoms with Crippen LogP contribution < -0.4 is 21.2 Å². The van der Waals surface area contributed by atoms with Crippen molar-refractivity contribution in [1.29, 1.82) is 0 Å². The Labute approximate surface area is 279 Å². The molecule has 1 aromatic heterocycles. The number of carbonyl (C=O) groups is 3. The predicted octanol–water partition coefficient (Wildman–Crippen LogP) is 4.02. The molecule has 13 nitrogen and oxygen atoms in total. The molecule has 48 heavy (non-hydrogen) atoms. The second kappa shape index (κ2) is 13.8. The van der Waals surface area contributed by atoms with Gasteiger partial charge in [-0.15, -0.1) is 0 Å². The number of hydrogen-bond donors (Lipinski definition) is 2. The fourth-order valence-electron chi connectivity index (χ4n) is 8.02. The monoisotopic (exact) mass is 669 g/mol. The van der Waals surface area contributed by atoms with E-state index in [4.69, 9.17) is 28.4 Å². The molecule has 2 bridgehead atoms. The van der Waals surface area contributed by atoms with Gasteiger partial charge in [-0.1, -0.05) is 13.8 Å². The lowest BCUT2D eigenvalue weighted by molar-refractivity contribution is -0.576. The molecule has 3 unspecified atom stereocenters. The van der Waals surface area contributed by atoms with E-state index in [2.05, 4.69) is 22.5 Å². The number of anilines is 1. The van der Waals surface area contributed by atoms with Gasteiger partial charge in [0.15, 0.2) is 11.9 Å². The molecule has 1 saturated carbocycles. The van der Waals surface area contributed by atoms with Crippen LogP contribution in [0.3, 0.4) is 0 Å². The summed E-state index contributed by atoms with van der Waals surface area (Å²) in [5, 5.41) is 5.94. The third kappa shape index (κ3) is 6.45. The summed E-state index contributed by atoms with van der Waals surface area (Å²) in [5.41, 5.74) is -0.277. The Hall–Kier alpha value is -3.52. The van der Waals surface area contributed by atoms with Gasteiger partial charge in [-0.25, -0.2) is 14.6 Å². The molecule has 8 atom stereocenters. The van der Waals surface area contributed by atoms with Crippen LogP contribution in [-0.2, 0) is 33.6 Å². The molecule has 5 heterocycles. The number of nitrogens with zero attached hydrogens (tertiary/aromatic N) is 1. The van der Waals surface area contributed by atoms with Crippen LogP contribution >= 0.6 is 0 Å². The minimum Gasteiger partial charge on any atom is -0.435 e. The van der Waals surface area contributed by atoms with Crippen molar-refractivity contribution in [2.24, 2.45) is 23.7 Å². The van der Waals surface area contributed by atoms with Crippen molar-refractivity contribution in [2.45, 2.75) is 97.1 Å². The van der Waals surface area contributed by atoms with Gasteiger partial charge in [0.2, 0.25) is 18.0 Å². The van der Waals surface area contributed by atoms with Crippen LogP contribution in [0.15, 0.2) is 33.5 Å². The van der Waals surface area contributed by atoms with Gasteiger partial charge in [-0.2, -0.15) is 0 Å². The van der Waals surface area contributed by atoms with Crippen LogP contribution in [0.2, 0.25) is 0 Å². The molecule has 4 aliphatic heterocycles. The van der Waals surface area contributed by atoms with Crippen LogP contribution in [0, 0.1) is 23.7 Å². The van der Waals surface area contributed by atoms with Gasteiger partial charge in [0.1, 0.15) is 11.1 Å². The summed E-state index contributed by atoms with van der Waals surface area (Å²) in [6.07, 6.45) is 1.69. The van der Waals surface area contributed by atoms with Crippen LogP contribution in [0.4, 0.5) is 5.69 Å². The van der Waals surface area contributed by atoms with Gasteiger partial charge >= 0.3 is 11.6 Å². The Morgan fingerprint density at radius 3 is 2.52 bits per heavy atom. The number of benzene rings is 1. The van der Waals surface area contributed by atoms with Crippen molar-refractivity contribution in [3.8, 4) is 0 Å². The Morgan fingerprint density at radius 1 is 0.979 bits per heavy atom. The van der Waals surface area contributed by atoms with Crippen LogP contribution in [0.1, 0.15) is 83.5 Å². The van der Waals surface area contributed by atoms with Crippen LogP contribution in [-0.4, -0.2) is 67.9 Å². The predicted molar refractivity (Wildman–Crippen MR) is 174 cm³/mol. The zero-order valence-corrected chi connectivity index (χ0v) is 28.4. The third-order valence-electron chi connectivity index (χ3n) is 10.7. The average molecular weight is 670 g/mol. The number of amides is 2. The fraction of sp³-hybridized carbons (Fsp3) is 0.657. The first-order valence-corrected chi connectivity index (χ1v) is 17.2. The van der Waals surface area contributed by atoms with Crippen LogP contribution in [0.25, 0.3) is 11.0 Å².